The molecule has 3 amide bonds. The zero-order valence-electron chi connectivity index (χ0n) is 22.4. The van der Waals surface area contributed by atoms with Crippen molar-refractivity contribution in [3.63, 3.8) is 0 Å². The van der Waals surface area contributed by atoms with Crippen LogP contribution in [0.4, 0.5) is 23.7 Å². The van der Waals surface area contributed by atoms with E-state index in [4.69, 9.17) is 14.6 Å². The number of rotatable bonds is 8. The number of amides is 3. The summed E-state index contributed by atoms with van der Waals surface area (Å²) in [6.07, 6.45) is 0.0760. The van der Waals surface area contributed by atoms with Crippen molar-refractivity contribution >= 4 is 29.6 Å². The molecule has 1 aromatic carbocycles. The predicted octanol–water partition coefficient (Wildman–Crippen LogP) is 2.46. The fourth-order valence-corrected chi connectivity index (χ4v) is 4.43. The van der Waals surface area contributed by atoms with Gasteiger partial charge in [0.15, 0.2) is 0 Å². The lowest BCUT2D eigenvalue weighted by molar-refractivity contribution is -0.192. The van der Waals surface area contributed by atoms with E-state index in [1.165, 1.54) is 16.0 Å². The summed E-state index contributed by atoms with van der Waals surface area (Å²) in [7, 11) is 0. The number of fused-ring (bicyclic) bond motifs is 1. The van der Waals surface area contributed by atoms with Gasteiger partial charge in [-0.1, -0.05) is 12.1 Å². The Labute approximate surface area is 234 Å². The van der Waals surface area contributed by atoms with Crippen LogP contribution in [0.5, 0.6) is 0 Å². The molecular formula is C27H32F3N5O6. The molecule has 41 heavy (non-hydrogen) atoms. The molecule has 0 saturated carbocycles. The van der Waals surface area contributed by atoms with E-state index in [2.05, 4.69) is 27.8 Å². The van der Waals surface area contributed by atoms with Crippen LogP contribution in [0, 0.1) is 0 Å². The highest BCUT2D eigenvalue weighted by Gasteiger charge is 2.38. The molecule has 1 saturated heterocycles. The highest BCUT2D eigenvalue weighted by atomic mass is 19.4. The van der Waals surface area contributed by atoms with E-state index in [0.717, 1.165) is 31.6 Å². The molecule has 1 aromatic heterocycles. The first-order valence-corrected chi connectivity index (χ1v) is 13.0. The summed E-state index contributed by atoms with van der Waals surface area (Å²) in [5.74, 6) is -3.49. The van der Waals surface area contributed by atoms with Gasteiger partial charge in [-0.15, -0.1) is 0 Å². The van der Waals surface area contributed by atoms with Gasteiger partial charge in [0.2, 0.25) is 5.91 Å². The van der Waals surface area contributed by atoms with Gasteiger partial charge in [0.05, 0.1) is 19.1 Å². The number of carboxylic acids is 1. The number of aromatic nitrogens is 1. The number of anilines is 1. The molecule has 0 spiro atoms. The van der Waals surface area contributed by atoms with Crippen LogP contribution in [0.1, 0.15) is 36.1 Å². The van der Waals surface area contributed by atoms with Crippen LogP contribution in [0.25, 0.3) is 0 Å². The Hall–Kier alpha value is -4.20. The van der Waals surface area contributed by atoms with Gasteiger partial charge >= 0.3 is 24.1 Å². The van der Waals surface area contributed by atoms with Gasteiger partial charge in [-0.25, -0.2) is 9.59 Å². The van der Waals surface area contributed by atoms with Crippen LogP contribution >= 0.6 is 0 Å². The van der Waals surface area contributed by atoms with E-state index in [9.17, 15) is 27.6 Å². The molecule has 3 N–H and O–H groups in total. The second-order valence-corrected chi connectivity index (χ2v) is 9.28. The first kappa shape index (κ1) is 31.3. The van der Waals surface area contributed by atoms with E-state index in [1.807, 2.05) is 6.07 Å². The Kier molecular flexibility index (Phi) is 11.0. The third kappa shape index (κ3) is 9.17. The van der Waals surface area contributed by atoms with Crippen molar-refractivity contribution in [2.45, 2.75) is 38.4 Å². The van der Waals surface area contributed by atoms with Crippen molar-refractivity contribution in [1.29, 1.82) is 0 Å². The second kappa shape index (κ2) is 14.4. The zero-order valence-corrected chi connectivity index (χ0v) is 22.4. The van der Waals surface area contributed by atoms with Crippen molar-refractivity contribution in [2.75, 3.05) is 44.2 Å². The van der Waals surface area contributed by atoms with Crippen molar-refractivity contribution in [1.82, 2.24) is 20.5 Å². The van der Waals surface area contributed by atoms with E-state index < -0.39 is 24.2 Å². The molecule has 0 bridgehead atoms. The Morgan fingerprint density at radius 2 is 1.85 bits per heavy atom. The maximum atomic E-state index is 13.1. The molecule has 0 aliphatic carbocycles. The number of carboxylic acid groups (broad SMARTS) is 1. The quantitative estimate of drug-likeness (QED) is 0.405. The number of pyridine rings is 1. The molecule has 0 radical (unpaired) electrons. The van der Waals surface area contributed by atoms with Crippen LogP contribution in [-0.4, -0.2) is 84.4 Å². The minimum atomic E-state index is -5.08. The number of carbonyl (C=O) groups excluding carboxylic acids is 3. The topological polar surface area (TPSA) is 141 Å². The summed E-state index contributed by atoms with van der Waals surface area (Å²) in [4.78, 5) is 54.2. The number of aliphatic carboxylic acids is 1. The molecule has 14 heteroatoms. The fraction of sp³-hybridized carbons (Fsp3) is 0.444. The van der Waals surface area contributed by atoms with Crippen LogP contribution in [0.15, 0.2) is 42.7 Å². The van der Waals surface area contributed by atoms with Crippen molar-refractivity contribution in [3.8, 4) is 0 Å². The zero-order chi connectivity index (χ0) is 30.0. The third-order valence-electron chi connectivity index (χ3n) is 6.41. The van der Waals surface area contributed by atoms with Crippen LogP contribution in [0.2, 0.25) is 0 Å². The van der Waals surface area contributed by atoms with Crippen molar-refractivity contribution in [3.05, 3.63) is 59.4 Å². The van der Waals surface area contributed by atoms with Gasteiger partial charge in [-0.3, -0.25) is 19.5 Å². The van der Waals surface area contributed by atoms with Crippen LogP contribution in [0.3, 0.4) is 0 Å². The molecule has 11 nitrogen and oxygen atoms in total. The highest BCUT2D eigenvalue weighted by molar-refractivity contribution is 5.96. The molecule has 3 heterocycles. The van der Waals surface area contributed by atoms with Gasteiger partial charge in [-0.2, -0.15) is 13.2 Å². The number of carbonyl (C=O) groups is 4. The number of nitrogens with zero attached hydrogens (tertiary/aromatic N) is 3. The molecule has 1 fully saturated rings. The smallest absolute Gasteiger partial charge is 0.475 e. The molecule has 2 aromatic rings. The maximum Gasteiger partial charge on any atom is 0.490 e. The minimum absolute atomic E-state index is 0.00464. The number of benzene rings is 1. The van der Waals surface area contributed by atoms with Crippen molar-refractivity contribution in [2.24, 2.45) is 0 Å². The van der Waals surface area contributed by atoms with Crippen LogP contribution < -0.4 is 15.5 Å². The molecule has 1 atom stereocenters. The van der Waals surface area contributed by atoms with Gasteiger partial charge in [0.1, 0.15) is 6.54 Å². The summed E-state index contributed by atoms with van der Waals surface area (Å²) >= 11 is 0. The van der Waals surface area contributed by atoms with Gasteiger partial charge in [-0.05, 0) is 67.7 Å². The largest absolute Gasteiger partial charge is 0.490 e. The van der Waals surface area contributed by atoms with Gasteiger partial charge < -0.3 is 25.4 Å². The summed E-state index contributed by atoms with van der Waals surface area (Å²) in [5.41, 5.74) is 4.16. The molecule has 2 aliphatic heterocycles. The van der Waals surface area contributed by atoms with E-state index >= 15 is 0 Å². The lowest BCUT2D eigenvalue weighted by Crippen LogP contribution is -2.41. The predicted molar refractivity (Wildman–Crippen MR) is 141 cm³/mol. The highest BCUT2D eigenvalue weighted by Crippen LogP contribution is 2.25. The number of halogens is 3. The van der Waals surface area contributed by atoms with E-state index in [1.54, 1.807) is 36.4 Å². The van der Waals surface area contributed by atoms with Crippen LogP contribution in [-0.2, 0) is 32.0 Å². The number of urea groups is 1. The van der Waals surface area contributed by atoms with E-state index in [-0.39, 0.29) is 31.5 Å². The number of nitrogens with one attached hydrogen (secondary N) is 2. The number of alkyl halides is 3. The number of ether oxygens (including phenoxy) is 1. The second-order valence-electron chi connectivity index (χ2n) is 9.28. The SMILES string of the molecule is CCOC(=O)CC(NC(=O)CN1CCN(c2ccc3c(c2)CCNCC3)C1=O)c1cccnc1.O=C(O)C(F)(F)F. The average Bonchev–Trinajstić information content (AvgIpc) is 3.12. The maximum absolute atomic E-state index is 13.1. The number of hydrogen-bond donors (Lipinski definition) is 3. The van der Waals surface area contributed by atoms with Crippen molar-refractivity contribution < 1.29 is 42.2 Å². The first-order valence-electron chi connectivity index (χ1n) is 13.0. The monoisotopic (exact) mass is 579 g/mol. The lowest BCUT2D eigenvalue weighted by atomic mass is 10.0. The Bertz CT molecular complexity index is 1230. The van der Waals surface area contributed by atoms with Gasteiger partial charge in [0, 0.05) is 31.2 Å². The number of esters is 1. The average molecular weight is 580 g/mol. The molecule has 2 aliphatic rings. The normalized spacial score (nSPS) is 15.7. The summed E-state index contributed by atoms with van der Waals surface area (Å²) in [6, 6.07) is 8.97. The number of hydrogen-bond acceptors (Lipinski definition) is 7. The molecule has 222 valence electrons. The minimum Gasteiger partial charge on any atom is -0.475 e. The summed E-state index contributed by atoms with van der Waals surface area (Å²) < 4.78 is 36.8. The molecule has 4 rings (SSSR count). The summed E-state index contributed by atoms with van der Waals surface area (Å²) in [6.45, 7) is 4.81. The van der Waals surface area contributed by atoms with Gasteiger partial charge in [0.25, 0.3) is 0 Å². The van der Waals surface area contributed by atoms with E-state index in [0.29, 0.717) is 18.7 Å². The fourth-order valence-electron chi connectivity index (χ4n) is 4.43. The Morgan fingerprint density at radius 1 is 1.15 bits per heavy atom. The summed E-state index contributed by atoms with van der Waals surface area (Å²) in [5, 5.41) is 13.4. The third-order valence-corrected chi connectivity index (χ3v) is 6.41. The lowest BCUT2D eigenvalue weighted by Gasteiger charge is -2.22. The standard InChI is InChI=1S/C25H31N5O4.C2HF3O2/c1-2-34-24(32)15-22(20-4-3-9-27-16-20)28-23(31)17-29-12-13-30(25(29)33)21-6-5-18-7-10-26-11-8-19(18)14-21;3-2(4,5)1(6)7/h3-6,9,14,16,22,26H,2,7-8,10-13,15,17H2,1H3,(H,28,31);(H,6,7). The molecular weight excluding hydrogens is 547 g/mol. The molecule has 1 unspecified atom stereocenters. The Morgan fingerprint density at radius 3 is 2.49 bits per heavy atom. The first-order chi connectivity index (χ1) is 19.5. The Balaban J connectivity index is 0.000000587.